The Labute approximate surface area is 122 Å². The van der Waals surface area contributed by atoms with Gasteiger partial charge in [-0.1, -0.05) is 0 Å². The quantitative estimate of drug-likeness (QED) is 0.763. The largest absolute Gasteiger partial charge is 0.338 e. The zero-order valence-electron chi connectivity index (χ0n) is 11.9. The summed E-state index contributed by atoms with van der Waals surface area (Å²) in [6, 6.07) is 1.69. The highest BCUT2D eigenvalue weighted by atomic mass is 16.2. The van der Waals surface area contributed by atoms with Gasteiger partial charge in [-0.25, -0.2) is 0 Å². The molecule has 0 bridgehead atoms. The van der Waals surface area contributed by atoms with Crippen molar-refractivity contribution in [2.24, 2.45) is 0 Å². The molecule has 3 rings (SSSR count). The van der Waals surface area contributed by atoms with Crippen molar-refractivity contribution >= 4 is 17.7 Å². The molecule has 0 radical (unpaired) electrons. The maximum absolute atomic E-state index is 12.4. The normalized spacial score (nSPS) is 21.7. The number of carbonyl (C=O) groups excluding carboxylic acids is 3. The van der Waals surface area contributed by atoms with E-state index in [9.17, 15) is 14.4 Å². The van der Waals surface area contributed by atoms with Crippen LogP contribution in [0.15, 0.2) is 18.5 Å². The molecule has 0 aliphatic carbocycles. The molecule has 2 aliphatic heterocycles. The van der Waals surface area contributed by atoms with Crippen molar-refractivity contribution in [1.29, 1.82) is 0 Å². The summed E-state index contributed by atoms with van der Waals surface area (Å²) in [5.41, 5.74) is 0.608. The number of nitrogens with zero attached hydrogens (tertiary/aromatic N) is 3. The van der Waals surface area contributed by atoms with Crippen molar-refractivity contribution in [3.8, 4) is 0 Å². The van der Waals surface area contributed by atoms with E-state index in [1.54, 1.807) is 4.90 Å². The van der Waals surface area contributed by atoms with Crippen LogP contribution in [0.3, 0.4) is 0 Å². The van der Waals surface area contributed by atoms with Crippen molar-refractivity contribution in [2.75, 3.05) is 13.1 Å². The Balaban J connectivity index is 1.76. The van der Waals surface area contributed by atoms with Crippen molar-refractivity contribution in [2.45, 2.75) is 32.2 Å². The lowest BCUT2D eigenvalue weighted by atomic mass is 10.0. The van der Waals surface area contributed by atoms with Gasteiger partial charge in [0.05, 0.1) is 11.1 Å². The van der Waals surface area contributed by atoms with Gasteiger partial charge in [0.1, 0.15) is 6.54 Å². The van der Waals surface area contributed by atoms with E-state index in [1.807, 2.05) is 6.92 Å². The molecule has 3 amide bonds. The van der Waals surface area contributed by atoms with Crippen molar-refractivity contribution in [3.63, 3.8) is 0 Å². The number of pyridine rings is 1. The Morgan fingerprint density at radius 1 is 1.29 bits per heavy atom. The molecule has 3 heterocycles. The lowest BCUT2D eigenvalue weighted by Gasteiger charge is -2.34. The first kappa shape index (κ1) is 13.7. The maximum atomic E-state index is 12.4. The predicted octanol–water partition coefficient (Wildman–Crippen LogP) is 1.08. The fraction of sp³-hybridized carbons (Fsp3) is 0.467. The van der Waals surface area contributed by atoms with Gasteiger partial charge in [0.25, 0.3) is 11.8 Å². The second-order valence-electron chi connectivity index (χ2n) is 5.55. The minimum atomic E-state index is -0.430. The predicted molar refractivity (Wildman–Crippen MR) is 74.6 cm³/mol. The Morgan fingerprint density at radius 3 is 2.76 bits per heavy atom. The molecule has 6 heteroatoms. The Morgan fingerprint density at radius 2 is 2.05 bits per heavy atom. The molecule has 1 aromatic heterocycles. The summed E-state index contributed by atoms with van der Waals surface area (Å²) >= 11 is 0. The second-order valence-corrected chi connectivity index (χ2v) is 5.55. The topological polar surface area (TPSA) is 70.6 Å². The van der Waals surface area contributed by atoms with Crippen LogP contribution in [0.2, 0.25) is 0 Å². The highest BCUT2D eigenvalue weighted by Crippen LogP contribution is 2.22. The molecule has 0 unspecified atom stereocenters. The zero-order chi connectivity index (χ0) is 15.0. The summed E-state index contributed by atoms with van der Waals surface area (Å²) in [4.78, 5) is 43.4. The third-order valence-corrected chi connectivity index (χ3v) is 4.19. The molecule has 1 aromatic rings. The minimum Gasteiger partial charge on any atom is -0.338 e. The van der Waals surface area contributed by atoms with Gasteiger partial charge in [-0.3, -0.25) is 24.3 Å². The fourth-order valence-corrected chi connectivity index (χ4v) is 2.97. The number of likely N-dealkylation sites (tertiary alicyclic amines) is 1. The molecule has 1 fully saturated rings. The number of imide groups is 1. The summed E-state index contributed by atoms with van der Waals surface area (Å²) in [7, 11) is 0. The van der Waals surface area contributed by atoms with Gasteiger partial charge in [-0.05, 0) is 32.3 Å². The molecule has 21 heavy (non-hydrogen) atoms. The lowest BCUT2D eigenvalue weighted by molar-refractivity contribution is -0.134. The van der Waals surface area contributed by atoms with Gasteiger partial charge >= 0.3 is 0 Å². The first-order chi connectivity index (χ1) is 10.1. The average molecular weight is 287 g/mol. The number of hydrogen-bond donors (Lipinski definition) is 0. The van der Waals surface area contributed by atoms with Gasteiger partial charge in [-0.15, -0.1) is 0 Å². The van der Waals surface area contributed by atoms with Crippen LogP contribution in [0.4, 0.5) is 0 Å². The number of rotatable bonds is 2. The number of hydrogen-bond acceptors (Lipinski definition) is 4. The molecule has 6 nitrogen and oxygen atoms in total. The first-order valence-corrected chi connectivity index (χ1v) is 7.19. The number of piperidine rings is 1. The van der Waals surface area contributed by atoms with Crippen LogP contribution in [0.1, 0.15) is 46.9 Å². The highest BCUT2D eigenvalue weighted by Gasteiger charge is 2.38. The molecule has 0 spiro atoms. The molecule has 0 aromatic carbocycles. The molecule has 0 N–H and O–H groups in total. The summed E-state index contributed by atoms with van der Waals surface area (Å²) < 4.78 is 0. The average Bonchev–Trinajstić information content (AvgIpc) is 2.73. The minimum absolute atomic E-state index is 0.162. The highest BCUT2D eigenvalue weighted by molar-refractivity contribution is 6.22. The van der Waals surface area contributed by atoms with E-state index in [0.717, 1.165) is 24.2 Å². The van der Waals surface area contributed by atoms with Crippen molar-refractivity contribution in [3.05, 3.63) is 29.6 Å². The number of carbonyl (C=O) groups is 3. The SMILES string of the molecule is C[C@@H]1CCCCN1C(=O)CN1C(=O)c2ccncc2C1=O. The maximum Gasteiger partial charge on any atom is 0.263 e. The Hall–Kier alpha value is -2.24. The fourth-order valence-electron chi connectivity index (χ4n) is 2.97. The summed E-state index contributed by atoms with van der Waals surface area (Å²) in [6.45, 7) is 2.52. The van der Waals surface area contributed by atoms with E-state index in [-0.39, 0.29) is 24.1 Å². The van der Waals surface area contributed by atoms with Gasteiger partial charge in [0.15, 0.2) is 0 Å². The summed E-state index contributed by atoms with van der Waals surface area (Å²) in [5, 5.41) is 0. The monoisotopic (exact) mass is 287 g/mol. The standard InChI is InChI=1S/C15H17N3O3/c1-10-4-2-3-7-17(10)13(19)9-18-14(20)11-5-6-16-8-12(11)15(18)21/h5-6,8,10H,2-4,7,9H2,1H3/t10-/m1/s1. The molecule has 1 atom stereocenters. The van der Waals surface area contributed by atoms with E-state index in [2.05, 4.69) is 4.98 Å². The molecular weight excluding hydrogens is 270 g/mol. The van der Waals surface area contributed by atoms with Gasteiger partial charge in [-0.2, -0.15) is 0 Å². The Bertz CT molecular complexity index is 579. The molecule has 1 saturated heterocycles. The van der Waals surface area contributed by atoms with Crippen LogP contribution >= 0.6 is 0 Å². The molecule has 0 saturated carbocycles. The molecule has 110 valence electrons. The van der Waals surface area contributed by atoms with E-state index in [1.165, 1.54) is 18.5 Å². The van der Waals surface area contributed by atoms with Crippen LogP contribution in [0, 0.1) is 0 Å². The molecular formula is C15H17N3O3. The van der Waals surface area contributed by atoms with Crippen molar-refractivity contribution in [1.82, 2.24) is 14.8 Å². The second kappa shape index (κ2) is 5.27. The number of aromatic nitrogens is 1. The number of fused-ring (bicyclic) bond motifs is 1. The van der Waals surface area contributed by atoms with Crippen molar-refractivity contribution < 1.29 is 14.4 Å². The van der Waals surface area contributed by atoms with E-state index < -0.39 is 11.8 Å². The van der Waals surface area contributed by atoms with Gasteiger partial charge in [0.2, 0.25) is 5.91 Å². The first-order valence-electron chi connectivity index (χ1n) is 7.19. The zero-order valence-corrected chi connectivity index (χ0v) is 11.9. The van der Waals surface area contributed by atoms with Crippen LogP contribution in [0.5, 0.6) is 0 Å². The smallest absolute Gasteiger partial charge is 0.263 e. The van der Waals surface area contributed by atoms with E-state index in [0.29, 0.717) is 12.1 Å². The molecule has 2 aliphatic rings. The summed E-state index contributed by atoms with van der Waals surface area (Å²) in [5.74, 6) is -0.999. The van der Waals surface area contributed by atoms with E-state index >= 15 is 0 Å². The van der Waals surface area contributed by atoms with Crippen LogP contribution in [-0.2, 0) is 4.79 Å². The third-order valence-electron chi connectivity index (χ3n) is 4.19. The van der Waals surface area contributed by atoms with E-state index in [4.69, 9.17) is 0 Å². The van der Waals surface area contributed by atoms with Crippen LogP contribution in [-0.4, -0.2) is 51.6 Å². The van der Waals surface area contributed by atoms with Gasteiger partial charge < -0.3 is 4.90 Å². The summed E-state index contributed by atoms with van der Waals surface area (Å²) in [6.07, 6.45) is 5.91. The third kappa shape index (κ3) is 2.30. The Kier molecular flexibility index (Phi) is 3.45. The van der Waals surface area contributed by atoms with Crippen LogP contribution in [0.25, 0.3) is 0 Å². The van der Waals surface area contributed by atoms with Gasteiger partial charge in [0, 0.05) is 25.0 Å². The van der Waals surface area contributed by atoms with Crippen LogP contribution < -0.4 is 0 Å². The lowest BCUT2D eigenvalue weighted by Crippen LogP contribution is -2.48. The number of amides is 3.